The molecule has 3 aliphatic rings. The minimum atomic E-state index is 0.725. The first-order valence-corrected chi connectivity index (χ1v) is 8.26. The van der Waals surface area contributed by atoms with E-state index in [-0.39, 0.29) is 0 Å². The molecule has 19 heavy (non-hydrogen) atoms. The molecule has 3 unspecified atom stereocenters. The zero-order chi connectivity index (χ0) is 13.6. The summed E-state index contributed by atoms with van der Waals surface area (Å²) in [5, 5.41) is 0. The molecule has 0 aromatic rings. The van der Waals surface area contributed by atoms with Gasteiger partial charge in [-0.15, -0.1) is 0 Å². The molecule has 0 saturated carbocycles. The zero-order valence-corrected chi connectivity index (χ0v) is 13.2. The van der Waals surface area contributed by atoms with Crippen molar-refractivity contribution in [2.24, 2.45) is 11.8 Å². The fourth-order valence-electron chi connectivity index (χ4n) is 4.32. The van der Waals surface area contributed by atoms with E-state index in [0.29, 0.717) is 0 Å². The van der Waals surface area contributed by atoms with E-state index in [9.17, 15) is 0 Å². The van der Waals surface area contributed by atoms with Gasteiger partial charge in [0.15, 0.2) is 0 Å². The van der Waals surface area contributed by atoms with Crippen LogP contribution in [0.3, 0.4) is 0 Å². The maximum absolute atomic E-state index is 2.81. The lowest BCUT2D eigenvalue weighted by Crippen LogP contribution is -2.40. The van der Waals surface area contributed by atoms with Crippen molar-refractivity contribution in [3.05, 3.63) is 0 Å². The Morgan fingerprint density at radius 1 is 0.737 bits per heavy atom. The Kier molecular flexibility index (Phi) is 3.89. The van der Waals surface area contributed by atoms with Gasteiger partial charge in [-0.2, -0.15) is 0 Å². The van der Waals surface area contributed by atoms with Gasteiger partial charge in [0, 0.05) is 57.4 Å². The summed E-state index contributed by atoms with van der Waals surface area (Å²) in [6.45, 7) is 17.4. The molecular weight excluding hydrogens is 234 g/mol. The van der Waals surface area contributed by atoms with Crippen LogP contribution in [0.2, 0.25) is 0 Å². The van der Waals surface area contributed by atoms with Gasteiger partial charge >= 0.3 is 0 Å². The van der Waals surface area contributed by atoms with Crippen LogP contribution in [0.5, 0.6) is 0 Å². The quantitative estimate of drug-likeness (QED) is 0.769. The average Bonchev–Trinajstić information content (AvgIpc) is 3.01. The highest BCUT2D eigenvalue weighted by Gasteiger charge is 2.43. The molecule has 3 heteroatoms. The summed E-state index contributed by atoms with van der Waals surface area (Å²) in [5.41, 5.74) is 0. The molecule has 3 fully saturated rings. The molecule has 110 valence electrons. The number of hydrogen-bond donors (Lipinski definition) is 0. The summed E-state index contributed by atoms with van der Waals surface area (Å²) >= 11 is 0. The minimum Gasteiger partial charge on any atom is -0.300 e. The minimum absolute atomic E-state index is 0.725. The summed E-state index contributed by atoms with van der Waals surface area (Å²) in [5.74, 6) is 1.91. The van der Waals surface area contributed by atoms with Gasteiger partial charge in [-0.1, -0.05) is 0 Å². The molecule has 0 spiro atoms. The SMILES string of the molecule is CC(C)N1CC2CN(C3CCN(C(C)C)C3)CC2C1. The molecule has 0 aromatic carbocycles. The average molecular weight is 265 g/mol. The lowest BCUT2D eigenvalue weighted by molar-refractivity contribution is 0.180. The Morgan fingerprint density at radius 3 is 1.79 bits per heavy atom. The molecule has 0 radical (unpaired) electrons. The van der Waals surface area contributed by atoms with E-state index in [1.165, 1.54) is 45.7 Å². The fourth-order valence-corrected chi connectivity index (χ4v) is 4.32. The van der Waals surface area contributed by atoms with E-state index in [1.54, 1.807) is 0 Å². The fraction of sp³-hybridized carbons (Fsp3) is 1.00. The first kappa shape index (κ1) is 13.8. The largest absolute Gasteiger partial charge is 0.300 e. The van der Waals surface area contributed by atoms with E-state index in [4.69, 9.17) is 0 Å². The third-order valence-corrected chi connectivity index (χ3v) is 5.71. The molecule has 0 amide bonds. The van der Waals surface area contributed by atoms with Crippen LogP contribution in [-0.4, -0.2) is 72.1 Å². The molecule has 0 aromatic heterocycles. The molecule has 0 aliphatic carbocycles. The Hall–Kier alpha value is -0.120. The van der Waals surface area contributed by atoms with E-state index < -0.39 is 0 Å². The smallest absolute Gasteiger partial charge is 0.0235 e. The molecule has 3 heterocycles. The predicted molar refractivity (Wildman–Crippen MR) is 80.4 cm³/mol. The highest BCUT2D eigenvalue weighted by Crippen LogP contribution is 2.34. The van der Waals surface area contributed by atoms with Gasteiger partial charge in [0.1, 0.15) is 0 Å². The van der Waals surface area contributed by atoms with Gasteiger partial charge in [-0.3, -0.25) is 9.80 Å². The molecular formula is C16H31N3. The second-order valence-electron chi connectivity index (χ2n) is 7.55. The van der Waals surface area contributed by atoms with Crippen LogP contribution in [0.4, 0.5) is 0 Å². The topological polar surface area (TPSA) is 9.72 Å². The second-order valence-corrected chi connectivity index (χ2v) is 7.55. The zero-order valence-electron chi connectivity index (χ0n) is 13.2. The van der Waals surface area contributed by atoms with Crippen molar-refractivity contribution < 1.29 is 0 Å². The van der Waals surface area contributed by atoms with E-state index in [2.05, 4.69) is 42.4 Å². The van der Waals surface area contributed by atoms with Crippen LogP contribution in [0.1, 0.15) is 34.1 Å². The monoisotopic (exact) mass is 265 g/mol. The third-order valence-electron chi connectivity index (χ3n) is 5.71. The van der Waals surface area contributed by atoms with Gasteiger partial charge in [-0.05, 0) is 46.0 Å². The highest BCUT2D eigenvalue weighted by atomic mass is 15.3. The van der Waals surface area contributed by atoms with Crippen LogP contribution in [0.15, 0.2) is 0 Å². The van der Waals surface area contributed by atoms with Crippen LogP contribution in [0.25, 0.3) is 0 Å². The third kappa shape index (κ3) is 2.70. The number of rotatable bonds is 3. The van der Waals surface area contributed by atoms with Gasteiger partial charge in [0.2, 0.25) is 0 Å². The standard InChI is InChI=1S/C16H31N3/c1-12(2)17-6-5-16(11-17)19-9-14-7-18(13(3)4)8-15(14)10-19/h12-16H,5-11H2,1-4H3. The van der Waals surface area contributed by atoms with Crippen molar-refractivity contribution in [3.8, 4) is 0 Å². The molecule has 0 bridgehead atoms. The molecule has 0 N–H and O–H groups in total. The number of nitrogens with zero attached hydrogens (tertiary/aromatic N) is 3. The summed E-state index contributed by atoms with van der Waals surface area (Å²) in [4.78, 5) is 8.15. The van der Waals surface area contributed by atoms with Crippen LogP contribution in [0, 0.1) is 11.8 Å². The normalized spacial score (nSPS) is 37.9. The maximum atomic E-state index is 2.81. The lowest BCUT2D eigenvalue weighted by Gasteiger charge is -2.28. The van der Waals surface area contributed by atoms with E-state index in [1.807, 2.05) is 0 Å². The Morgan fingerprint density at radius 2 is 1.32 bits per heavy atom. The second kappa shape index (κ2) is 5.34. The maximum Gasteiger partial charge on any atom is 0.0235 e. The Bertz CT molecular complexity index is 301. The van der Waals surface area contributed by atoms with E-state index >= 15 is 0 Å². The summed E-state index contributed by atoms with van der Waals surface area (Å²) in [6, 6.07) is 2.31. The number of fused-ring (bicyclic) bond motifs is 1. The molecule has 3 nitrogen and oxygen atoms in total. The van der Waals surface area contributed by atoms with Gasteiger partial charge < -0.3 is 4.90 Å². The van der Waals surface area contributed by atoms with Crippen molar-refractivity contribution in [1.82, 2.24) is 14.7 Å². The predicted octanol–water partition coefficient (Wildman–Crippen LogP) is 1.74. The molecule has 3 atom stereocenters. The lowest BCUT2D eigenvalue weighted by atomic mass is 10.0. The van der Waals surface area contributed by atoms with Crippen molar-refractivity contribution in [2.45, 2.75) is 52.2 Å². The molecule has 3 saturated heterocycles. The number of hydrogen-bond acceptors (Lipinski definition) is 3. The van der Waals surface area contributed by atoms with Crippen LogP contribution < -0.4 is 0 Å². The summed E-state index contributed by atoms with van der Waals surface area (Å²) < 4.78 is 0. The summed E-state index contributed by atoms with van der Waals surface area (Å²) in [6.07, 6.45) is 1.39. The van der Waals surface area contributed by atoms with Crippen molar-refractivity contribution in [3.63, 3.8) is 0 Å². The van der Waals surface area contributed by atoms with Gasteiger partial charge in [-0.25, -0.2) is 0 Å². The van der Waals surface area contributed by atoms with Crippen LogP contribution >= 0.6 is 0 Å². The van der Waals surface area contributed by atoms with Gasteiger partial charge in [0.25, 0.3) is 0 Å². The van der Waals surface area contributed by atoms with E-state index in [0.717, 1.165) is 30.0 Å². The van der Waals surface area contributed by atoms with Gasteiger partial charge in [0.05, 0.1) is 0 Å². The van der Waals surface area contributed by atoms with Crippen molar-refractivity contribution in [1.29, 1.82) is 0 Å². The van der Waals surface area contributed by atoms with Crippen molar-refractivity contribution >= 4 is 0 Å². The Balaban J connectivity index is 1.52. The molecule has 3 aliphatic heterocycles. The van der Waals surface area contributed by atoms with Crippen LogP contribution in [-0.2, 0) is 0 Å². The Labute approximate surface area is 118 Å². The molecule has 3 rings (SSSR count). The highest BCUT2D eigenvalue weighted by molar-refractivity contribution is 4.97. The first-order valence-electron chi connectivity index (χ1n) is 8.26. The number of likely N-dealkylation sites (tertiary alicyclic amines) is 3. The van der Waals surface area contributed by atoms with Crippen molar-refractivity contribution in [2.75, 3.05) is 39.3 Å². The summed E-state index contributed by atoms with van der Waals surface area (Å²) in [7, 11) is 0. The first-order chi connectivity index (χ1) is 9.04.